The number of benzene rings is 1. The van der Waals surface area contributed by atoms with Crippen LogP contribution in [0.1, 0.15) is 39.1 Å². The molecule has 0 saturated carbocycles. The highest BCUT2D eigenvalue weighted by atomic mass is 32.2. The molecule has 0 fully saturated rings. The van der Waals surface area contributed by atoms with Crippen molar-refractivity contribution in [2.45, 2.75) is 50.7 Å². The van der Waals surface area contributed by atoms with Crippen molar-refractivity contribution in [3.05, 3.63) is 41.9 Å². The topological polar surface area (TPSA) is 86.2 Å². The molecule has 6 nitrogen and oxygen atoms in total. The van der Waals surface area contributed by atoms with Crippen molar-refractivity contribution in [2.24, 2.45) is 0 Å². The van der Waals surface area contributed by atoms with Crippen LogP contribution in [-0.4, -0.2) is 32.8 Å². The number of esters is 1. The summed E-state index contributed by atoms with van der Waals surface area (Å²) in [6.07, 6.45) is 3.08. The highest BCUT2D eigenvalue weighted by molar-refractivity contribution is 8.01. The van der Waals surface area contributed by atoms with Crippen molar-refractivity contribution in [2.75, 3.05) is 6.61 Å². The third-order valence-corrected chi connectivity index (χ3v) is 6.60. The molecule has 1 aromatic carbocycles. The van der Waals surface area contributed by atoms with Crippen molar-refractivity contribution in [3.8, 4) is 11.1 Å². The number of fused-ring (bicyclic) bond motifs is 1. The van der Waals surface area contributed by atoms with Gasteiger partial charge in [-0.25, -0.2) is 0 Å². The zero-order valence-corrected chi connectivity index (χ0v) is 19.3. The van der Waals surface area contributed by atoms with Gasteiger partial charge in [0.15, 0.2) is 0 Å². The Morgan fingerprint density at radius 1 is 1.20 bits per heavy atom. The summed E-state index contributed by atoms with van der Waals surface area (Å²) in [5.41, 5.74) is 4.22. The number of hydrogen-bond acceptors (Lipinski definition) is 8. The van der Waals surface area contributed by atoms with Crippen LogP contribution in [0, 0.1) is 6.92 Å². The quantitative estimate of drug-likeness (QED) is 0.387. The van der Waals surface area contributed by atoms with Gasteiger partial charge in [0.05, 0.1) is 17.0 Å². The molecule has 0 spiro atoms. The largest absolute Gasteiger partial charge is 0.465 e. The minimum Gasteiger partial charge on any atom is -0.465 e. The van der Waals surface area contributed by atoms with Crippen LogP contribution in [0.5, 0.6) is 0 Å². The van der Waals surface area contributed by atoms with Gasteiger partial charge in [-0.1, -0.05) is 19.1 Å². The van der Waals surface area contributed by atoms with Gasteiger partial charge >= 0.3 is 12.1 Å². The molecule has 158 valence electrons. The van der Waals surface area contributed by atoms with E-state index in [0.717, 1.165) is 43.9 Å². The Hall–Kier alpha value is -2.54. The van der Waals surface area contributed by atoms with Gasteiger partial charge in [-0.3, -0.25) is 9.78 Å². The molecule has 30 heavy (non-hydrogen) atoms. The van der Waals surface area contributed by atoms with E-state index in [1.54, 1.807) is 0 Å². The van der Waals surface area contributed by atoms with Crippen LogP contribution in [0.4, 0.5) is 0 Å². The van der Waals surface area contributed by atoms with E-state index in [0.29, 0.717) is 6.61 Å². The van der Waals surface area contributed by atoms with Crippen LogP contribution >= 0.6 is 23.3 Å². The number of ether oxygens (including phenoxy) is 1. The first-order chi connectivity index (χ1) is 14.3. The molecule has 0 radical (unpaired) electrons. The van der Waals surface area contributed by atoms with E-state index in [1.165, 1.54) is 23.3 Å². The number of carbonyl (C=O) groups is 1. The van der Waals surface area contributed by atoms with Crippen LogP contribution in [0.3, 0.4) is 0 Å². The number of rotatable bonds is 6. The third-order valence-electron chi connectivity index (χ3n) is 4.39. The van der Waals surface area contributed by atoms with E-state index in [9.17, 15) is 4.79 Å². The number of thioether (sulfide) groups is 1. The number of carbonyl (C=O) groups excluding carboxylic acids is 3. The second kappa shape index (κ2) is 10.5. The van der Waals surface area contributed by atoms with Crippen LogP contribution in [-0.2, 0) is 25.5 Å². The predicted molar refractivity (Wildman–Crippen MR) is 119 cm³/mol. The van der Waals surface area contributed by atoms with E-state index < -0.39 is 4.75 Å². The maximum atomic E-state index is 12.4. The highest BCUT2D eigenvalue weighted by Gasteiger charge is 2.32. The van der Waals surface area contributed by atoms with E-state index in [1.807, 2.05) is 33.9 Å². The van der Waals surface area contributed by atoms with Gasteiger partial charge in [-0.15, -0.1) is 11.8 Å². The lowest BCUT2D eigenvalue weighted by atomic mass is 10.0. The van der Waals surface area contributed by atoms with Crippen molar-refractivity contribution in [1.82, 2.24) is 9.36 Å². The van der Waals surface area contributed by atoms with Crippen molar-refractivity contribution in [3.63, 3.8) is 0 Å². The van der Waals surface area contributed by atoms with Crippen LogP contribution in [0.25, 0.3) is 21.2 Å². The number of pyridine rings is 1. The molecule has 0 bridgehead atoms. The maximum Gasteiger partial charge on any atom is 0.373 e. The number of aryl methyl sites for hydroxylation is 2. The summed E-state index contributed by atoms with van der Waals surface area (Å²) in [7, 11) is 0. The molecule has 2 heterocycles. The molecule has 3 rings (SSSR count). The lowest BCUT2D eigenvalue weighted by Crippen LogP contribution is -2.30. The number of nitrogens with zero attached hydrogens (tertiary/aromatic N) is 2. The molecule has 0 aliphatic heterocycles. The number of hydrogen-bond donors (Lipinski definition) is 0. The summed E-state index contributed by atoms with van der Waals surface area (Å²) < 4.78 is 10.2. The Morgan fingerprint density at radius 2 is 1.90 bits per heavy atom. The Labute approximate surface area is 184 Å². The Kier molecular flexibility index (Phi) is 8.29. The zero-order valence-electron chi connectivity index (χ0n) is 17.6. The molecule has 0 unspecified atom stereocenters. The monoisotopic (exact) mass is 444 g/mol. The molecule has 0 saturated heterocycles. The first-order valence-corrected chi connectivity index (χ1v) is 11.1. The fraction of sp³-hybridized carbons (Fsp3) is 0.364. The molecule has 0 N–H and O–H groups in total. The van der Waals surface area contributed by atoms with E-state index >= 15 is 0 Å². The van der Waals surface area contributed by atoms with Crippen molar-refractivity contribution >= 4 is 45.5 Å². The summed E-state index contributed by atoms with van der Waals surface area (Å²) in [6.45, 7) is 10.1. The Morgan fingerprint density at radius 3 is 2.47 bits per heavy atom. The van der Waals surface area contributed by atoms with Gasteiger partial charge in [-0.05, 0) is 57.8 Å². The molecule has 3 aromatic rings. The van der Waals surface area contributed by atoms with Crippen molar-refractivity contribution in [1.29, 1.82) is 0 Å². The molecule has 0 atom stereocenters. The Balaban J connectivity index is 0.00000101. The van der Waals surface area contributed by atoms with Gasteiger partial charge in [0.1, 0.15) is 4.75 Å². The van der Waals surface area contributed by atoms with E-state index in [2.05, 4.69) is 40.5 Å². The van der Waals surface area contributed by atoms with Crippen LogP contribution in [0.2, 0.25) is 0 Å². The molecular formula is C22H24N2O4S2. The average Bonchev–Trinajstić information content (AvgIpc) is 3.09. The summed E-state index contributed by atoms with van der Waals surface area (Å²) in [4.78, 5) is 34.3. The molecular weight excluding hydrogens is 420 g/mol. The second-order valence-corrected chi connectivity index (χ2v) is 9.33. The van der Waals surface area contributed by atoms with Gasteiger partial charge in [0, 0.05) is 33.3 Å². The van der Waals surface area contributed by atoms with Gasteiger partial charge in [0.2, 0.25) is 0 Å². The summed E-state index contributed by atoms with van der Waals surface area (Å²) in [6, 6.07) is 8.34. The highest BCUT2D eigenvalue weighted by Crippen LogP contribution is 2.44. The minimum atomic E-state index is -0.686. The molecule has 0 aliphatic carbocycles. The molecule has 2 aromatic heterocycles. The fourth-order valence-corrected chi connectivity index (χ4v) is 5.04. The first kappa shape index (κ1) is 23.7. The van der Waals surface area contributed by atoms with Crippen LogP contribution < -0.4 is 0 Å². The normalized spacial score (nSPS) is 10.8. The van der Waals surface area contributed by atoms with E-state index in [-0.39, 0.29) is 12.1 Å². The SMILES string of the molecule is CCOC(=O)C(C)(C)Sc1ccc2c(C)nsc2c1-c1ccc(CC)nc1.O=C=O. The third kappa shape index (κ3) is 5.33. The van der Waals surface area contributed by atoms with Crippen LogP contribution in [0.15, 0.2) is 35.4 Å². The van der Waals surface area contributed by atoms with E-state index in [4.69, 9.17) is 14.3 Å². The van der Waals surface area contributed by atoms with Gasteiger partial charge < -0.3 is 4.74 Å². The number of aromatic nitrogens is 2. The molecule has 8 heteroatoms. The maximum absolute atomic E-state index is 12.4. The van der Waals surface area contributed by atoms with Gasteiger partial charge in [0.25, 0.3) is 0 Å². The fourth-order valence-electron chi connectivity index (χ4n) is 2.87. The average molecular weight is 445 g/mol. The lowest BCUT2D eigenvalue weighted by molar-refractivity contribution is -0.191. The summed E-state index contributed by atoms with van der Waals surface area (Å²) in [5, 5.41) is 1.15. The smallest absolute Gasteiger partial charge is 0.373 e. The molecule has 0 aliphatic rings. The van der Waals surface area contributed by atoms with Crippen molar-refractivity contribution < 1.29 is 19.1 Å². The standard InChI is InChI=1S/C21H24N2O2S2.CO2/c1-6-15-9-8-14(12-22-15)18-17(26-21(4,5)20(24)25-7-2)11-10-16-13(3)23-27-19(16)18;2-1-3/h8-12H,6-7H2,1-5H3;. The predicted octanol–water partition coefficient (Wildman–Crippen LogP) is 5.08. The van der Waals surface area contributed by atoms with Gasteiger partial charge in [-0.2, -0.15) is 14.0 Å². The summed E-state index contributed by atoms with van der Waals surface area (Å²) >= 11 is 3.02. The first-order valence-electron chi connectivity index (χ1n) is 9.48. The lowest BCUT2D eigenvalue weighted by Gasteiger charge is -2.23. The zero-order chi connectivity index (χ0) is 22.3. The molecule has 0 amide bonds. The minimum absolute atomic E-state index is 0.207. The Bertz CT molecular complexity index is 1050. The second-order valence-electron chi connectivity index (χ2n) is 6.89. The summed E-state index contributed by atoms with van der Waals surface area (Å²) in [5.74, 6) is -0.207.